The van der Waals surface area contributed by atoms with Crippen LogP contribution < -0.4 is 5.32 Å². The summed E-state index contributed by atoms with van der Waals surface area (Å²) in [6.07, 6.45) is 0.683. The van der Waals surface area contributed by atoms with E-state index in [0.717, 1.165) is 17.1 Å². The smallest absolute Gasteiger partial charge is 0.223 e. The minimum atomic E-state index is -0.284. The van der Waals surface area contributed by atoms with Gasteiger partial charge in [0.2, 0.25) is 5.91 Å². The normalized spacial score (nSPS) is 11.8. The number of carbonyl (C=O) groups excluding carboxylic acids is 2. The third-order valence-electron chi connectivity index (χ3n) is 4.16. The summed E-state index contributed by atoms with van der Waals surface area (Å²) in [7, 11) is 0. The summed E-state index contributed by atoms with van der Waals surface area (Å²) in [6, 6.07) is 18.2. The van der Waals surface area contributed by atoms with Crippen LogP contribution in [-0.4, -0.2) is 24.0 Å². The second-order valence-electron chi connectivity index (χ2n) is 6.64. The first-order chi connectivity index (χ1) is 12.5. The fourth-order valence-electron chi connectivity index (χ4n) is 2.62. The molecule has 26 heavy (non-hydrogen) atoms. The molecule has 0 aliphatic rings. The molecule has 0 fully saturated rings. The van der Waals surface area contributed by atoms with E-state index in [2.05, 4.69) is 36.5 Å². The predicted octanol–water partition coefficient (Wildman–Crippen LogP) is 4.18. The number of carbonyl (C=O) groups is 2. The molecular formula is C22H27NO2S. The molecule has 2 rings (SSSR count). The Morgan fingerprint density at radius 1 is 1.00 bits per heavy atom. The molecule has 2 aromatic carbocycles. The van der Waals surface area contributed by atoms with Crippen LogP contribution in [0.3, 0.4) is 0 Å². The predicted molar refractivity (Wildman–Crippen MR) is 109 cm³/mol. The molecule has 0 bridgehead atoms. The largest absolute Gasteiger partial charge is 0.355 e. The minimum Gasteiger partial charge on any atom is -0.355 e. The lowest BCUT2D eigenvalue weighted by Gasteiger charge is -2.11. The molecule has 1 N–H and O–H groups in total. The zero-order valence-electron chi connectivity index (χ0n) is 15.5. The number of hydrogen-bond acceptors (Lipinski definition) is 3. The number of nitrogens with one attached hydrogen (secondary N) is 1. The Morgan fingerprint density at radius 3 is 2.38 bits per heavy atom. The first-order valence-electron chi connectivity index (χ1n) is 9.01. The summed E-state index contributed by atoms with van der Waals surface area (Å²) in [4.78, 5) is 24.2. The molecule has 0 aromatic heterocycles. The van der Waals surface area contributed by atoms with E-state index in [0.29, 0.717) is 13.0 Å². The number of ketones is 1. The highest BCUT2D eigenvalue weighted by Gasteiger charge is 2.16. The number of thioether (sulfide) groups is 1. The van der Waals surface area contributed by atoms with Gasteiger partial charge in [0, 0.05) is 36.8 Å². The van der Waals surface area contributed by atoms with Gasteiger partial charge in [-0.3, -0.25) is 9.59 Å². The van der Waals surface area contributed by atoms with Crippen molar-refractivity contribution in [2.75, 3.05) is 12.3 Å². The second kappa shape index (κ2) is 10.8. The molecule has 2 aromatic rings. The molecule has 4 heteroatoms. The van der Waals surface area contributed by atoms with Crippen molar-refractivity contribution in [3.8, 4) is 0 Å². The second-order valence-corrected chi connectivity index (χ2v) is 7.74. The van der Waals surface area contributed by atoms with Gasteiger partial charge >= 0.3 is 0 Å². The molecule has 0 saturated heterocycles. The number of Topliss-reactive ketones (excluding diaryl/α,β-unsaturated/α-hetero) is 1. The average Bonchev–Trinajstić information content (AvgIpc) is 2.63. The molecular weight excluding hydrogens is 342 g/mol. The summed E-state index contributed by atoms with van der Waals surface area (Å²) < 4.78 is 0. The van der Waals surface area contributed by atoms with Crippen molar-refractivity contribution >= 4 is 23.5 Å². The van der Waals surface area contributed by atoms with Crippen molar-refractivity contribution in [2.45, 2.75) is 32.4 Å². The summed E-state index contributed by atoms with van der Waals surface area (Å²) in [6.45, 7) is 4.53. The number of rotatable bonds is 10. The van der Waals surface area contributed by atoms with Crippen LogP contribution in [0.25, 0.3) is 0 Å². The van der Waals surface area contributed by atoms with E-state index >= 15 is 0 Å². The van der Waals surface area contributed by atoms with Gasteiger partial charge < -0.3 is 5.32 Å². The van der Waals surface area contributed by atoms with Gasteiger partial charge in [-0.1, -0.05) is 67.1 Å². The van der Waals surface area contributed by atoms with Gasteiger partial charge in [0.1, 0.15) is 5.78 Å². The van der Waals surface area contributed by atoms with E-state index < -0.39 is 0 Å². The Morgan fingerprint density at radius 2 is 1.69 bits per heavy atom. The SMILES string of the molecule is Cc1ccc(CSCCNC(=O)C(C)CC(=O)Cc2ccccc2)cc1. The highest BCUT2D eigenvalue weighted by molar-refractivity contribution is 7.98. The standard InChI is InChI=1S/C22H27NO2S/c1-17-8-10-20(11-9-17)16-26-13-12-23-22(25)18(2)14-21(24)15-19-6-4-3-5-7-19/h3-11,18H,12-16H2,1-2H3,(H,23,25). The van der Waals surface area contributed by atoms with Crippen LogP contribution in [0.4, 0.5) is 0 Å². The van der Waals surface area contributed by atoms with Crippen molar-refractivity contribution in [1.29, 1.82) is 0 Å². The Kier molecular flexibility index (Phi) is 8.42. The van der Waals surface area contributed by atoms with E-state index in [9.17, 15) is 9.59 Å². The Balaban J connectivity index is 1.60. The van der Waals surface area contributed by atoms with E-state index in [-0.39, 0.29) is 24.0 Å². The van der Waals surface area contributed by atoms with Crippen LogP contribution in [0, 0.1) is 12.8 Å². The Bertz CT molecular complexity index is 698. The van der Waals surface area contributed by atoms with E-state index in [1.54, 1.807) is 11.8 Å². The van der Waals surface area contributed by atoms with Crippen molar-refractivity contribution < 1.29 is 9.59 Å². The first-order valence-corrected chi connectivity index (χ1v) is 10.2. The number of aryl methyl sites for hydroxylation is 1. The third kappa shape index (κ3) is 7.44. The monoisotopic (exact) mass is 369 g/mol. The van der Waals surface area contributed by atoms with Crippen LogP contribution in [0.2, 0.25) is 0 Å². The molecule has 0 radical (unpaired) electrons. The molecule has 0 aliphatic carbocycles. The number of hydrogen-bond donors (Lipinski definition) is 1. The zero-order chi connectivity index (χ0) is 18.8. The maximum atomic E-state index is 12.1. The van der Waals surface area contributed by atoms with Crippen LogP contribution in [-0.2, 0) is 21.8 Å². The van der Waals surface area contributed by atoms with Gasteiger partial charge in [-0.15, -0.1) is 0 Å². The highest BCUT2D eigenvalue weighted by Crippen LogP contribution is 2.12. The first kappa shape index (κ1) is 20.2. The fraction of sp³-hybridized carbons (Fsp3) is 0.364. The molecule has 1 unspecified atom stereocenters. The molecule has 1 amide bonds. The molecule has 3 nitrogen and oxygen atoms in total. The summed E-state index contributed by atoms with van der Waals surface area (Å²) in [5, 5.41) is 2.94. The molecule has 0 aliphatic heterocycles. The van der Waals surface area contributed by atoms with E-state index in [1.807, 2.05) is 37.3 Å². The Hall–Kier alpha value is -2.07. The lowest BCUT2D eigenvalue weighted by molar-refractivity contribution is -0.128. The van der Waals surface area contributed by atoms with Crippen molar-refractivity contribution in [1.82, 2.24) is 5.32 Å². The average molecular weight is 370 g/mol. The van der Waals surface area contributed by atoms with Gasteiger partial charge in [0.25, 0.3) is 0 Å². The zero-order valence-corrected chi connectivity index (χ0v) is 16.4. The van der Waals surface area contributed by atoms with Gasteiger partial charge in [-0.25, -0.2) is 0 Å². The molecule has 1 atom stereocenters. The van der Waals surface area contributed by atoms with Gasteiger partial charge in [-0.05, 0) is 18.1 Å². The van der Waals surface area contributed by atoms with Crippen molar-refractivity contribution in [2.24, 2.45) is 5.92 Å². The van der Waals surface area contributed by atoms with Crippen molar-refractivity contribution in [3.05, 3.63) is 71.3 Å². The summed E-state index contributed by atoms with van der Waals surface area (Å²) >= 11 is 1.80. The third-order valence-corrected chi connectivity index (χ3v) is 5.19. The highest BCUT2D eigenvalue weighted by atomic mass is 32.2. The molecule has 0 heterocycles. The number of benzene rings is 2. The number of amides is 1. The lowest BCUT2D eigenvalue weighted by Crippen LogP contribution is -2.32. The minimum absolute atomic E-state index is 0.0395. The molecule has 138 valence electrons. The maximum Gasteiger partial charge on any atom is 0.223 e. The van der Waals surface area contributed by atoms with Gasteiger partial charge in [0.15, 0.2) is 0 Å². The van der Waals surface area contributed by atoms with Gasteiger partial charge in [0.05, 0.1) is 0 Å². The quantitative estimate of drug-likeness (QED) is 0.639. The lowest BCUT2D eigenvalue weighted by atomic mass is 9.99. The Labute approximate surface area is 160 Å². The topological polar surface area (TPSA) is 46.2 Å². The van der Waals surface area contributed by atoms with Crippen molar-refractivity contribution in [3.63, 3.8) is 0 Å². The van der Waals surface area contributed by atoms with E-state index in [4.69, 9.17) is 0 Å². The van der Waals surface area contributed by atoms with Crippen LogP contribution in [0.1, 0.15) is 30.0 Å². The molecule has 0 saturated carbocycles. The maximum absolute atomic E-state index is 12.1. The van der Waals surface area contributed by atoms with Crippen LogP contribution >= 0.6 is 11.8 Å². The van der Waals surface area contributed by atoms with E-state index in [1.165, 1.54) is 11.1 Å². The van der Waals surface area contributed by atoms with Gasteiger partial charge in [-0.2, -0.15) is 11.8 Å². The van der Waals surface area contributed by atoms with Crippen LogP contribution in [0.5, 0.6) is 0 Å². The molecule has 0 spiro atoms. The van der Waals surface area contributed by atoms with Crippen LogP contribution in [0.15, 0.2) is 54.6 Å². The fourth-order valence-corrected chi connectivity index (χ4v) is 3.44. The summed E-state index contributed by atoms with van der Waals surface area (Å²) in [5.74, 6) is 1.59. The summed E-state index contributed by atoms with van der Waals surface area (Å²) in [5.41, 5.74) is 3.56.